The zero-order valence-corrected chi connectivity index (χ0v) is 15.9. The van der Waals surface area contributed by atoms with Gasteiger partial charge in [-0.25, -0.2) is 0 Å². The molecule has 26 heavy (non-hydrogen) atoms. The van der Waals surface area contributed by atoms with E-state index in [0.29, 0.717) is 29.4 Å². The Kier molecular flexibility index (Phi) is 4.68. The number of fused-ring (bicyclic) bond motifs is 5. The van der Waals surface area contributed by atoms with Crippen LogP contribution in [0.15, 0.2) is 12.1 Å². The SMILES string of the molecule is COc1cc2c(cc1O)CCC1C2CC[C@]2(C)C(O)C(CCCO)CC12. The van der Waals surface area contributed by atoms with Crippen LogP contribution in [-0.4, -0.2) is 35.1 Å². The number of aliphatic hydroxyl groups is 2. The van der Waals surface area contributed by atoms with Gasteiger partial charge in [-0.15, -0.1) is 0 Å². The molecule has 0 amide bonds. The van der Waals surface area contributed by atoms with Gasteiger partial charge in [0.2, 0.25) is 0 Å². The summed E-state index contributed by atoms with van der Waals surface area (Å²) in [5.74, 6) is 2.80. The van der Waals surface area contributed by atoms with Crippen molar-refractivity contribution in [3.8, 4) is 11.5 Å². The van der Waals surface area contributed by atoms with Crippen LogP contribution in [-0.2, 0) is 6.42 Å². The third-order valence-corrected chi connectivity index (χ3v) is 7.87. The number of hydrogen-bond acceptors (Lipinski definition) is 4. The van der Waals surface area contributed by atoms with Crippen molar-refractivity contribution in [3.63, 3.8) is 0 Å². The maximum Gasteiger partial charge on any atom is 0.160 e. The van der Waals surface area contributed by atoms with E-state index in [4.69, 9.17) is 4.74 Å². The van der Waals surface area contributed by atoms with E-state index in [2.05, 4.69) is 13.0 Å². The Morgan fingerprint density at radius 2 is 2.08 bits per heavy atom. The van der Waals surface area contributed by atoms with Crippen LogP contribution >= 0.6 is 0 Å². The minimum absolute atomic E-state index is 0.0137. The van der Waals surface area contributed by atoms with Crippen LogP contribution < -0.4 is 4.74 Å². The quantitative estimate of drug-likeness (QED) is 0.767. The van der Waals surface area contributed by atoms with Gasteiger partial charge in [0.1, 0.15) is 0 Å². The lowest BCUT2D eigenvalue weighted by Gasteiger charge is -2.50. The van der Waals surface area contributed by atoms with Crippen molar-refractivity contribution in [2.45, 2.75) is 63.9 Å². The van der Waals surface area contributed by atoms with Gasteiger partial charge in [-0.2, -0.15) is 0 Å². The Labute approximate surface area is 156 Å². The highest BCUT2D eigenvalue weighted by Crippen LogP contribution is 2.63. The van der Waals surface area contributed by atoms with Crippen molar-refractivity contribution in [3.05, 3.63) is 23.3 Å². The molecule has 2 fully saturated rings. The van der Waals surface area contributed by atoms with Gasteiger partial charge in [0.15, 0.2) is 11.5 Å². The average Bonchev–Trinajstić information content (AvgIpc) is 2.90. The summed E-state index contributed by atoms with van der Waals surface area (Å²) in [7, 11) is 1.61. The van der Waals surface area contributed by atoms with Crippen molar-refractivity contribution in [1.29, 1.82) is 0 Å². The molecule has 4 rings (SSSR count). The Hall–Kier alpha value is -1.26. The van der Waals surface area contributed by atoms with Gasteiger partial charge < -0.3 is 20.1 Å². The van der Waals surface area contributed by atoms with Crippen molar-refractivity contribution in [2.75, 3.05) is 13.7 Å². The van der Waals surface area contributed by atoms with E-state index in [1.165, 1.54) is 11.1 Å². The maximum atomic E-state index is 11.0. The third kappa shape index (κ3) is 2.65. The van der Waals surface area contributed by atoms with Crippen LogP contribution in [0.3, 0.4) is 0 Å². The number of hydrogen-bond donors (Lipinski definition) is 3. The molecule has 1 aromatic rings. The zero-order valence-electron chi connectivity index (χ0n) is 15.9. The molecule has 3 N–H and O–H groups in total. The molecule has 0 spiro atoms. The second kappa shape index (κ2) is 6.72. The van der Waals surface area contributed by atoms with Crippen molar-refractivity contribution in [2.24, 2.45) is 23.2 Å². The molecule has 0 aliphatic heterocycles. The van der Waals surface area contributed by atoms with E-state index in [-0.39, 0.29) is 23.9 Å². The number of benzene rings is 1. The highest BCUT2D eigenvalue weighted by atomic mass is 16.5. The van der Waals surface area contributed by atoms with E-state index in [1.54, 1.807) is 7.11 Å². The molecule has 4 nitrogen and oxygen atoms in total. The molecule has 6 atom stereocenters. The molecule has 144 valence electrons. The Balaban J connectivity index is 1.63. The molecule has 0 bridgehead atoms. The first-order valence-electron chi connectivity index (χ1n) is 10.2. The minimum Gasteiger partial charge on any atom is -0.504 e. The number of methoxy groups -OCH3 is 1. The van der Waals surface area contributed by atoms with Crippen molar-refractivity contribution in [1.82, 2.24) is 0 Å². The predicted octanol–water partition coefficient (Wildman–Crippen LogP) is 3.62. The zero-order chi connectivity index (χ0) is 18.5. The summed E-state index contributed by atoms with van der Waals surface area (Å²) >= 11 is 0. The first-order valence-corrected chi connectivity index (χ1v) is 10.2. The van der Waals surface area contributed by atoms with Gasteiger partial charge in [-0.3, -0.25) is 0 Å². The molecule has 0 saturated heterocycles. The average molecular weight is 360 g/mol. The number of aliphatic hydroxyl groups excluding tert-OH is 2. The highest BCUT2D eigenvalue weighted by Gasteiger charge is 2.57. The largest absolute Gasteiger partial charge is 0.504 e. The number of aryl methyl sites for hydroxylation is 1. The molecule has 1 aromatic carbocycles. The summed E-state index contributed by atoms with van der Waals surface area (Å²) in [5, 5.41) is 30.4. The normalized spacial score (nSPS) is 38.4. The van der Waals surface area contributed by atoms with Gasteiger partial charge in [-0.1, -0.05) is 6.92 Å². The number of rotatable bonds is 4. The highest BCUT2D eigenvalue weighted by molar-refractivity contribution is 5.49. The standard InChI is InChI=1S/C22H32O4/c1-22-8-7-15-16(18(22)10-14(21(22)25)4-3-9-23)6-5-13-11-19(24)20(26-2)12-17(13)15/h11-12,14-16,18,21,23-25H,3-10H2,1-2H3/t14?,15?,16?,18?,21?,22-/m0/s1. The Bertz CT molecular complexity index is 672. The lowest BCUT2D eigenvalue weighted by atomic mass is 9.55. The van der Waals surface area contributed by atoms with Crippen molar-refractivity contribution >= 4 is 0 Å². The molecular formula is C22H32O4. The topological polar surface area (TPSA) is 69.9 Å². The summed E-state index contributed by atoms with van der Waals surface area (Å²) in [5.41, 5.74) is 2.63. The molecule has 3 aliphatic rings. The monoisotopic (exact) mass is 360 g/mol. The van der Waals surface area contributed by atoms with Crippen LogP contribution in [0, 0.1) is 23.2 Å². The molecular weight excluding hydrogens is 328 g/mol. The maximum absolute atomic E-state index is 11.0. The van der Waals surface area contributed by atoms with Gasteiger partial charge in [0, 0.05) is 6.61 Å². The van der Waals surface area contributed by atoms with E-state index in [1.807, 2.05) is 6.07 Å². The summed E-state index contributed by atoms with van der Waals surface area (Å²) < 4.78 is 5.36. The molecule has 0 radical (unpaired) electrons. The lowest BCUT2D eigenvalue weighted by Crippen LogP contribution is -2.44. The van der Waals surface area contributed by atoms with Gasteiger partial charge in [-0.05, 0) is 97.3 Å². The Morgan fingerprint density at radius 3 is 2.81 bits per heavy atom. The molecule has 4 heteroatoms. The number of phenols is 1. The van der Waals surface area contributed by atoms with Gasteiger partial charge in [0.05, 0.1) is 13.2 Å². The van der Waals surface area contributed by atoms with Crippen LogP contribution in [0.25, 0.3) is 0 Å². The van der Waals surface area contributed by atoms with E-state index < -0.39 is 0 Å². The predicted molar refractivity (Wildman–Crippen MR) is 100 cm³/mol. The van der Waals surface area contributed by atoms with Crippen molar-refractivity contribution < 1.29 is 20.1 Å². The lowest BCUT2D eigenvalue weighted by molar-refractivity contribution is -0.0338. The minimum atomic E-state index is -0.240. The van der Waals surface area contributed by atoms with Gasteiger partial charge >= 0.3 is 0 Å². The second-order valence-corrected chi connectivity index (χ2v) is 8.99. The molecule has 0 heterocycles. The number of aromatic hydroxyl groups is 1. The molecule has 2 saturated carbocycles. The van der Waals surface area contributed by atoms with Crippen LogP contribution in [0.1, 0.15) is 62.5 Å². The molecule has 5 unspecified atom stereocenters. The van der Waals surface area contributed by atoms with E-state index >= 15 is 0 Å². The van der Waals surface area contributed by atoms with E-state index in [9.17, 15) is 15.3 Å². The first kappa shape index (κ1) is 18.1. The summed E-state index contributed by atoms with van der Waals surface area (Å²) in [6.45, 7) is 2.51. The second-order valence-electron chi connectivity index (χ2n) is 8.99. The summed E-state index contributed by atoms with van der Waals surface area (Å²) in [4.78, 5) is 0. The Morgan fingerprint density at radius 1 is 1.27 bits per heavy atom. The van der Waals surface area contributed by atoms with E-state index in [0.717, 1.165) is 44.9 Å². The third-order valence-electron chi connectivity index (χ3n) is 7.87. The van der Waals surface area contributed by atoms with Crippen LogP contribution in [0.4, 0.5) is 0 Å². The molecule has 0 aromatic heterocycles. The fraction of sp³-hybridized carbons (Fsp3) is 0.727. The summed E-state index contributed by atoms with van der Waals surface area (Å²) in [6.07, 6.45) is 6.86. The first-order chi connectivity index (χ1) is 12.5. The van der Waals surface area contributed by atoms with Crippen LogP contribution in [0.2, 0.25) is 0 Å². The fourth-order valence-corrected chi connectivity index (χ4v) is 6.53. The van der Waals surface area contributed by atoms with Crippen LogP contribution in [0.5, 0.6) is 11.5 Å². The summed E-state index contributed by atoms with van der Waals surface area (Å²) in [6, 6.07) is 3.95. The fourth-order valence-electron chi connectivity index (χ4n) is 6.53. The number of ether oxygens (including phenoxy) is 1. The number of phenolic OH excluding ortho intramolecular Hbond substituents is 1. The molecule has 3 aliphatic carbocycles. The smallest absolute Gasteiger partial charge is 0.160 e. The van der Waals surface area contributed by atoms with Gasteiger partial charge in [0.25, 0.3) is 0 Å².